The van der Waals surface area contributed by atoms with Gasteiger partial charge in [0.05, 0.1) is 20.8 Å². The minimum Gasteiger partial charge on any atom is -0.493 e. The zero-order chi connectivity index (χ0) is 19.2. The van der Waals surface area contributed by atoms with Crippen LogP contribution in [0, 0.1) is 5.41 Å². The molecular formula is C21H28N2O3. The fraction of sp³-hybridized carbons (Fsp3) is 0.381. The van der Waals surface area contributed by atoms with Crippen molar-refractivity contribution in [1.82, 2.24) is 5.32 Å². The third-order valence-electron chi connectivity index (χ3n) is 4.21. The predicted octanol–water partition coefficient (Wildman–Crippen LogP) is 3.42. The number of amides is 1. The van der Waals surface area contributed by atoms with Crippen molar-refractivity contribution in [2.45, 2.75) is 26.7 Å². The normalized spacial score (nSPS) is 17.8. The number of hydrogen-bond donors (Lipinski definition) is 2. The standard InChI is InChI=1S/C21H28N2O3/c1-21(2)12-16(10-17(13-21)23-14-20(22)24)7-5-6-15-8-9-18(25-3)19(11-15)26-4/h5-11,23H,12-14H2,1-4H3,(H2,22,24)/b6-5+,16-7+. The second-order valence-electron chi connectivity index (χ2n) is 7.22. The number of hydrogen-bond acceptors (Lipinski definition) is 4. The van der Waals surface area contributed by atoms with Crippen LogP contribution >= 0.6 is 0 Å². The zero-order valence-electron chi connectivity index (χ0n) is 16.0. The number of carbonyl (C=O) groups is 1. The van der Waals surface area contributed by atoms with Crippen molar-refractivity contribution in [2.24, 2.45) is 11.1 Å². The summed E-state index contributed by atoms with van der Waals surface area (Å²) in [5, 5.41) is 3.13. The first-order valence-corrected chi connectivity index (χ1v) is 8.65. The van der Waals surface area contributed by atoms with Crippen molar-refractivity contribution in [1.29, 1.82) is 0 Å². The van der Waals surface area contributed by atoms with Crippen LogP contribution in [0.2, 0.25) is 0 Å². The van der Waals surface area contributed by atoms with E-state index in [1.54, 1.807) is 14.2 Å². The van der Waals surface area contributed by atoms with E-state index in [-0.39, 0.29) is 17.9 Å². The molecule has 5 heteroatoms. The van der Waals surface area contributed by atoms with E-state index in [2.05, 4.69) is 31.3 Å². The van der Waals surface area contributed by atoms with Gasteiger partial charge in [0, 0.05) is 5.70 Å². The van der Waals surface area contributed by atoms with Gasteiger partial charge >= 0.3 is 0 Å². The number of carbonyl (C=O) groups excluding carboxylic acids is 1. The maximum Gasteiger partial charge on any atom is 0.236 e. The Morgan fingerprint density at radius 1 is 1.23 bits per heavy atom. The number of benzene rings is 1. The molecule has 0 unspecified atom stereocenters. The average Bonchev–Trinajstić information content (AvgIpc) is 2.58. The molecule has 1 aromatic carbocycles. The Bertz CT molecular complexity index is 746. The molecule has 0 saturated carbocycles. The van der Waals surface area contributed by atoms with Gasteiger partial charge in [0.1, 0.15) is 0 Å². The molecule has 0 heterocycles. The molecule has 0 spiro atoms. The third kappa shape index (κ3) is 5.69. The van der Waals surface area contributed by atoms with E-state index in [4.69, 9.17) is 15.2 Å². The number of nitrogens with one attached hydrogen (secondary N) is 1. The molecule has 1 aromatic rings. The van der Waals surface area contributed by atoms with Crippen molar-refractivity contribution in [3.05, 3.63) is 53.3 Å². The van der Waals surface area contributed by atoms with E-state index in [1.807, 2.05) is 30.4 Å². The Kier molecular flexibility index (Phi) is 6.50. The molecule has 3 N–H and O–H groups in total. The molecule has 26 heavy (non-hydrogen) atoms. The van der Waals surface area contributed by atoms with Crippen molar-refractivity contribution < 1.29 is 14.3 Å². The van der Waals surface area contributed by atoms with E-state index in [9.17, 15) is 4.79 Å². The van der Waals surface area contributed by atoms with Crippen LogP contribution in [0.3, 0.4) is 0 Å². The van der Waals surface area contributed by atoms with Crippen LogP contribution in [0.5, 0.6) is 11.5 Å². The van der Waals surface area contributed by atoms with Crippen LogP contribution in [0.1, 0.15) is 32.3 Å². The monoisotopic (exact) mass is 356 g/mol. The first kappa shape index (κ1) is 19.6. The number of primary amides is 1. The minimum absolute atomic E-state index is 0.137. The molecule has 0 aliphatic heterocycles. The minimum atomic E-state index is -0.354. The summed E-state index contributed by atoms with van der Waals surface area (Å²) in [5.41, 5.74) is 8.66. The van der Waals surface area contributed by atoms with Gasteiger partial charge in [0.25, 0.3) is 0 Å². The number of ether oxygens (including phenoxy) is 2. The Morgan fingerprint density at radius 2 is 1.96 bits per heavy atom. The summed E-state index contributed by atoms with van der Waals surface area (Å²) in [5.74, 6) is 1.07. The maximum atomic E-state index is 11.0. The number of methoxy groups -OCH3 is 2. The first-order valence-electron chi connectivity index (χ1n) is 8.65. The lowest BCUT2D eigenvalue weighted by molar-refractivity contribution is -0.117. The summed E-state index contributed by atoms with van der Waals surface area (Å²) in [6.45, 7) is 4.60. The van der Waals surface area contributed by atoms with E-state index in [0.717, 1.165) is 24.1 Å². The van der Waals surface area contributed by atoms with Crippen LogP contribution in [0.4, 0.5) is 0 Å². The lowest BCUT2D eigenvalue weighted by atomic mass is 9.77. The van der Waals surface area contributed by atoms with Crippen LogP contribution in [0.25, 0.3) is 6.08 Å². The summed E-state index contributed by atoms with van der Waals surface area (Å²) in [6.07, 6.45) is 10.1. The molecule has 2 rings (SSSR count). The predicted molar refractivity (Wildman–Crippen MR) is 105 cm³/mol. The Hall–Kier alpha value is -2.69. The second kappa shape index (κ2) is 8.61. The summed E-state index contributed by atoms with van der Waals surface area (Å²) in [6, 6.07) is 5.81. The van der Waals surface area contributed by atoms with E-state index >= 15 is 0 Å². The molecule has 5 nitrogen and oxygen atoms in total. The van der Waals surface area contributed by atoms with Gasteiger partial charge in [-0.15, -0.1) is 0 Å². The molecule has 0 fully saturated rings. The molecule has 1 aliphatic carbocycles. The molecule has 1 aliphatic rings. The van der Waals surface area contributed by atoms with Crippen molar-refractivity contribution in [3.8, 4) is 11.5 Å². The Balaban J connectivity index is 2.15. The summed E-state index contributed by atoms with van der Waals surface area (Å²) in [7, 11) is 3.25. The van der Waals surface area contributed by atoms with Crippen molar-refractivity contribution in [3.63, 3.8) is 0 Å². The highest BCUT2D eigenvalue weighted by molar-refractivity contribution is 5.76. The van der Waals surface area contributed by atoms with Crippen LogP contribution in [-0.2, 0) is 4.79 Å². The zero-order valence-corrected chi connectivity index (χ0v) is 16.0. The fourth-order valence-corrected chi connectivity index (χ4v) is 3.12. The molecule has 1 amide bonds. The highest BCUT2D eigenvalue weighted by Gasteiger charge is 2.25. The summed E-state index contributed by atoms with van der Waals surface area (Å²) < 4.78 is 10.6. The van der Waals surface area contributed by atoms with Crippen LogP contribution < -0.4 is 20.5 Å². The quantitative estimate of drug-likeness (QED) is 0.785. The topological polar surface area (TPSA) is 73.6 Å². The molecule has 0 aromatic heterocycles. The summed E-state index contributed by atoms with van der Waals surface area (Å²) in [4.78, 5) is 11.0. The molecule has 140 valence electrons. The van der Waals surface area contributed by atoms with Gasteiger partial charge in [-0.1, -0.05) is 38.1 Å². The van der Waals surface area contributed by atoms with E-state index in [0.29, 0.717) is 11.5 Å². The van der Waals surface area contributed by atoms with Crippen molar-refractivity contribution in [2.75, 3.05) is 20.8 Å². The van der Waals surface area contributed by atoms with Gasteiger partial charge in [-0.25, -0.2) is 0 Å². The fourth-order valence-electron chi connectivity index (χ4n) is 3.12. The molecular weight excluding hydrogens is 328 g/mol. The van der Waals surface area contributed by atoms with Gasteiger partial charge in [-0.05, 0) is 47.6 Å². The largest absolute Gasteiger partial charge is 0.493 e. The van der Waals surface area contributed by atoms with Crippen molar-refractivity contribution >= 4 is 12.0 Å². The van der Waals surface area contributed by atoms with E-state index in [1.165, 1.54) is 5.57 Å². The van der Waals surface area contributed by atoms with Gasteiger partial charge in [-0.2, -0.15) is 0 Å². The number of allylic oxidation sites excluding steroid dienone is 5. The van der Waals surface area contributed by atoms with Gasteiger partial charge in [0.2, 0.25) is 5.91 Å². The smallest absolute Gasteiger partial charge is 0.236 e. The van der Waals surface area contributed by atoms with Crippen LogP contribution in [-0.4, -0.2) is 26.7 Å². The molecule has 0 saturated heterocycles. The second-order valence-corrected chi connectivity index (χ2v) is 7.22. The summed E-state index contributed by atoms with van der Waals surface area (Å²) >= 11 is 0. The lowest BCUT2D eigenvalue weighted by Crippen LogP contribution is -2.31. The number of nitrogens with two attached hydrogens (primary N) is 1. The van der Waals surface area contributed by atoms with E-state index < -0.39 is 0 Å². The maximum absolute atomic E-state index is 11.0. The Morgan fingerprint density at radius 3 is 2.62 bits per heavy atom. The highest BCUT2D eigenvalue weighted by atomic mass is 16.5. The molecule has 0 atom stereocenters. The molecule has 0 radical (unpaired) electrons. The van der Waals surface area contributed by atoms with Crippen LogP contribution in [0.15, 0.2) is 47.7 Å². The first-order chi connectivity index (χ1) is 12.3. The SMILES string of the molecule is COc1ccc(/C=C/C=C2\C=C(NCC(N)=O)CC(C)(C)C2)cc1OC. The molecule has 0 bridgehead atoms. The lowest BCUT2D eigenvalue weighted by Gasteiger charge is -2.31. The van der Waals surface area contributed by atoms with Gasteiger partial charge in [0.15, 0.2) is 11.5 Å². The van der Waals surface area contributed by atoms with Gasteiger partial charge < -0.3 is 20.5 Å². The Labute approximate surface area is 155 Å². The number of rotatable bonds is 7. The highest BCUT2D eigenvalue weighted by Crippen LogP contribution is 2.37. The van der Waals surface area contributed by atoms with Gasteiger partial charge in [-0.3, -0.25) is 4.79 Å². The average molecular weight is 356 g/mol. The third-order valence-corrected chi connectivity index (χ3v) is 4.21.